The largest absolute Gasteiger partial charge is 0.448 e. The number of nitrogens with zero attached hydrogens (tertiary/aromatic N) is 4. The number of nitrogens with one attached hydrogen (secondary N) is 1. The first-order valence-electron chi connectivity index (χ1n) is 10.5. The van der Waals surface area contributed by atoms with Gasteiger partial charge in [-0.25, -0.2) is 9.48 Å². The smallest absolute Gasteiger partial charge is 0.349 e. The zero-order valence-electron chi connectivity index (χ0n) is 18.7. The number of carbonyl (C=O) groups is 2. The molecular formula is C23H24ClN5O3S. The molecule has 0 aliphatic carbocycles. The van der Waals surface area contributed by atoms with Gasteiger partial charge in [-0.1, -0.05) is 29.8 Å². The molecule has 0 radical (unpaired) electrons. The minimum absolute atomic E-state index is 0.0836. The van der Waals surface area contributed by atoms with Crippen LogP contribution >= 0.6 is 22.9 Å². The highest BCUT2D eigenvalue weighted by Crippen LogP contribution is 2.30. The van der Waals surface area contributed by atoms with Crippen molar-refractivity contribution in [2.75, 3.05) is 5.32 Å². The molecule has 1 N–H and O–H groups in total. The topological polar surface area (TPSA) is 91.0 Å². The number of amides is 1. The van der Waals surface area contributed by atoms with E-state index in [2.05, 4.69) is 15.5 Å². The highest BCUT2D eigenvalue weighted by atomic mass is 35.5. The monoisotopic (exact) mass is 485 g/mol. The molecule has 0 saturated heterocycles. The number of carbonyl (C=O) groups excluding carboxylic acids is 2. The highest BCUT2D eigenvalue weighted by molar-refractivity contribution is 7.20. The lowest BCUT2D eigenvalue weighted by Gasteiger charge is -2.15. The fraction of sp³-hybridized carbons (Fsp3) is 0.304. The molecule has 33 heavy (non-hydrogen) atoms. The van der Waals surface area contributed by atoms with Crippen molar-refractivity contribution in [1.29, 1.82) is 0 Å². The Kier molecular flexibility index (Phi) is 6.53. The highest BCUT2D eigenvalue weighted by Gasteiger charge is 2.23. The average Bonchev–Trinajstić information content (AvgIpc) is 3.47. The summed E-state index contributed by atoms with van der Waals surface area (Å²) in [6.07, 6.45) is 0.636. The molecule has 1 aromatic carbocycles. The van der Waals surface area contributed by atoms with Crippen molar-refractivity contribution in [3.8, 4) is 0 Å². The summed E-state index contributed by atoms with van der Waals surface area (Å²) < 4.78 is 8.96. The van der Waals surface area contributed by atoms with Gasteiger partial charge in [-0.2, -0.15) is 10.2 Å². The van der Waals surface area contributed by atoms with E-state index in [-0.39, 0.29) is 6.04 Å². The maximum atomic E-state index is 12.8. The van der Waals surface area contributed by atoms with Crippen LogP contribution < -0.4 is 5.32 Å². The first-order chi connectivity index (χ1) is 15.7. The first-order valence-corrected chi connectivity index (χ1v) is 11.7. The summed E-state index contributed by atoms with van der Waals surface area (Å²) in [6, 6.07) is 11.1. The molecule has 1 atom stereocenters. The SMILES string of the molecule is Cc1nn(Cc2ccccc2Cl)c2sc(C(=O)OC(C)C(=O)Nc3ccnn3C(C)C)cc12. The Balaban J connectivity index is 1.48. The van der Waals surface area contributed by atoms with E-state index in [1.807, 2.05) is 49.7 Å². The number of halogens is 1. The maximum Gasteiger partial charge on any atom is 0.349 e. The van der Waals surface area contributed by atoms with Gasteiger partial charge in [0, 0.05) is 22.5 Å². The van der Waals surface area contributed by atoms with E-state index in [0.29, 0.717) is 22.3 Å². The summed E-state index contributed by atoms with van der Waals surface area (Å²) in [5.74, 6) is -0.428. The lowest BCUT2D eigenvalue weighted by atomic mass is 10.2. The second-order valence-electron chi connectivity index (χ2n) is 7.96. The predicted octanol–water partition coefficient (Wildman–Crippen LogP) is 5.07. The Hall–Kier alpha value is -3.17. The fourth-order valence-corrected chi connectivity index (χ4v) is 4.67. The zero-order valence-corrected chi connectivity index (χ0v) is 20.3. The molecule has 0 fully saturated rings. The third-order valence-corrected chi connectivity index (χ3v) is 6.65. The molecule has 1 amide bonds. The molecule has 0 bridgehead atoms. The molecule has 4 rings (SSSR count). The third kappa shape index (κ3) is 4.79. The average molecular weight is 486 g/mol. The minimum atomic E-state index is -0.973. The van der Waals surface area contributed by atoms with Crippen LogP contribution in [0.5, 0.6) is 0 Å². The van der Waals surface area contributed by atoms with Crippen LogP contribution in [0.1, 0.15) is 47.7 Å². The van der Waals surface area contributed by atoms with Crippen molar-refractivity contribution in [1.82, 2.24) is 19.6 Å². The second kappa shape index (κ2) is 9.36. The molecule has 172 valence electrons. The van der Waals surface area contributed by atoms with Gasteiger partial charge in [0.15, 0.2) is 6.10 Å². The Morgan fingerprint density at radius 2 is 1.97 bits per heavy atom. The molecule has 3 heterocycles. The van der Waals surface area contributed by atoms with Crippen molar-refractivity contribution in [2.24, 2.45) is 0 Å². The molecule has 0 aliphatic heterocycles. The van der Waals surface area contributed by atoms with Crippen LogP contribution in [0, 0.1) is 6.92 Å². The van der Waals surface area contributed by atoms with E-state index >= 15 is 0 Å². The van der Waals surface area contributed by atoms with E-state index in [1.165, 1.54) is 11.3 Å². The van der Waals surface area contributed by atoms with Crippen LogP contribution in [0.4, 0.5) is 5.82 Å². The van der Waals surface area contributed by atoms with Crippen molar-refractivity contribution >= 4 is 50.8 Å². The van der Waals surface area contributed by atoms with Crippen LogP contribution in [-0.4, -0.2) is 37.5 Å². The molecule has 1 unspecified atom stereocenters. The molecule has 4 aromatic rings. The molecule has 3 aromatic heterocycles. The summed E-state index contributed by atoms with van der Waals surface area (Å²) in [7, 11) is 0. The van der Waals surface area contributed by atoms with Crippen molar-refractivity contribution in [2.45, 2.75) is 46.4 Å². The Morgan fingerprint density at radius 1 is 1.21 bits per heavy atom. The van der Waals surface area contributed by atoms with Gasteiger partial charge in [-0.15, -0.1) is 11.3 Å². The van der Waals surface area contributed by atoms with Crippen LogP contribution in [-0.2, 0) is 16.1 Å². The summed E-state index contributed by atoms with van der Waals surface area (Å²) >= 11 is 7.58. The van der Waals surface area contributed by atoms with Crippen LogP contribution in [0.15, 0.2) is 42.6 Å². The van der Waals surface area contributed by atoms with E-state index in [4.69, 9.17) is 16.3 Å². The van der Waals surface area contributed by atoms with Gasteiger partial charge in [0.1, 0.15) is 15.5 Å². The Morgan fingerprint density at radius 3 is 2.70 bits per heavy atom. The lowest BCUT2D eigenvalue weighted by molar-refractivity contribution is -0.123. The molecule has 8 nitrogen and oxygen atoms in total. The number of aromatic nitrogens is 4. The van der Waals surface area contributed by atoms with Crippen molar-refractivity contribution in [3.63, 3.8) is 0 Å². The maximum absolute atomic E-state index is 12.8. The third-order valence-electron chi connectivity index (χ3n) is 5.15. The van der Waals surface area contributed by atoms with Crippen LogP contribution in [0.3, 0.4) is 0 Å². The number of aryl methyl sites for hydroxylation is 1. The first kappa shape index (κ1) is 23.0. The summed E-state index contributed by atoms with van der Waals surface area (Å²) in [4.78, 5) is 26.6. The molecule has 0 spiro atoms. The summed E-state index contributed by atoms with van der Waals surface area (Å²) in [6.45, 7) is 7.84. The summed E-state index contributed by atoms with van der Waals surface area (Å²) in [5.41, 5.74) is 1.74. The number of hydrogen-bond donors (Lipinski definition) is 1. The number of benzene rings is 1. The number of thiophene rings is 1. The van der Waals surface area contributed by atoms with E-state index < -0.39 is 18.0 Å². The van der Waals surface area contributed by atoms with Gasteiger partial charge >= 0.3 is 5.97 Å². The minimum Gasteiger partial charge on any atom is -0.448 e. The molecule has 0 aliphatic rings. The van der Waals surface area contributed by atoms with Gasteiger partial charge in [-0.3, -0.25) is 9.48 Å². The number of ether oxygens (including phenoxy) is 1. The van der Waals surface area contributed by atoms with Crippen molar-refractivity contribution in [3.05, 3.63) is 63.8 Å². The van der Waals surface area contributed by atoms with Crippen LogP contribution in [0.2, 0.25) is 5.02 Å². The number of rotatable bonds is 7. The van der Waals surface area contributed by atoms with Gasteiger partial charge in [0.25, 0.3) is 5.91 Å². The summed E-state index contributed by atoms with van der Waals surface area (Å²) in [5, 5.41) is 13.1. The van der Waals surface area contributed by atoms with Crippen molar-refractivity contribution < 1.29 is 14.3 Å². The Bertz CT molecular complexity index is 1320. The van der Waals surface area contributed by atoms with Crippen LogP contribution in [0.25, 0.3) is 10.2 Å². The van der Waals surface area contributed by atoms with E-state index in [9.17, 15) is 9.59 Å². The number of esters is 1. The number of fused-ring (bicyclic) bond motifs is 1. The van der Waals surface area contributed by atoms with E-state index in [1.54, 1.807) is 29.9 Å². The van der Waals surface area contributed by atoms with Gasteiger partial charge < -0.3 is 10.1 Å². The van der Waals surface area contributed by atoms with Gasteiger partial charge in [0.2, 0.25) is 0 Å². The predicted molar refractivity (Wildman–Crippen MR) is 129 cm³/mol. The fourth-order valence-electron chi connectivity index (χ4n) is 3.43. The van der Waals surface area contributed by atoms with Gasteiger partial charge in [-0.05, 0) is 45.4 Å². The molecule has 10 heteroatoms. The zero-order chi connectivity index (χ0) is 23.7. The van der Waals surface area contributed by atoms with E-state index in [0.717, 1.165) is 21.5 Å². The standard InChI is InChI=1S/C23H24ClN5O3S/c1-13(2)29-20(9-10-25-29)26-21(30)15(4)32-23(31)19-11-17-14(3)27-28(22(17)33-19)12-16-7-5-6-8-18(16)24/h5-11,13,15H,12H2,1-4H3,(H,26,30). The normalized spacial score (nSPS) is 12.3. The Labute approximate surface area is 200 Å². The molecule has 0 saturated carbocycles. The van der Waals surface area contributed by atoms with Gasteiger partial charge in [0.05, 0.1) is 18.4 Å². The number of hydrogen-bond acceptors (Lipinski definition) is 6. The quantitative estimate of drug-likeness (QED) is 0.369. The lowest BCUT2D eigenvalue weighted by Crippen LogP contribution is -2.30. The molecular weight excluding hydrogens is 462 g/mol. The number of anilines is 1. The second-order valence-corrected chi connectivity index (χ2v) is 9.39.